The van der Waals surface area contributed by atoms with Crippen LogP contribution in [-0.4, -0.2) is 85.8 Å². The van der Waals surface area contributed by atoms with Crippen molar-refractivity contribution in [3.05, 3.63) is 0 Å². The minimum Gasteiger partial charge on any atom is -0.481 e. The van der Waals surface area contributed by atoms with Gasteiger partial charge in [0.15, 0.2) is 0 Å². The van der Waals surface area contributed by atoms with Gasteiger partial charge in [-0.3, -0.25) is 14.6 Å². The van der Waals surface area contributed by atoms with Gasteiger partial charge in [0.25, 0.3) is 0 Å². The number of carboxylic acids is 1. The number of nitrogens with zero attached hydrogens (tertiary/aromatic N) is 2. The Morgan fingerprint density at radius 3 is 2.56 bits per heavy atom. The van der Waals surface area contributed by atoms with E-state index in [1.807, 2.05) is 0 Å². The van der Waals surface area contributed by atoms with Gasteiger partial charge in [-0.05, 0) is 0 Å². The lowest BCUT2D eigenvalue weighted by atomic mass is 10.1. The van der Waals surface area contributed by atoms with Crippen LogP contribution in [0.3, 0.4) is 0 Å². The van der Waals surface area contributed by atoms with Crippen molar-refractivity contribution in [1.82, 2.24) is 20.4 Å². The zero-order valence-electron chi connectivity index (χ0n) is 10.9. The quantitative estimate of drug-likeness (QED) is 0.567. The van der Waals surface area contributed by atoms with Crippen molar-refractivity contribution in [3.63, 3.8) is 0 Å². The average Bonchev–Trinajstić information content (AvgIpc) is 2.48. The van der Waals surface area contributed by atoms with Crippen LogP contribution < -0.4 is 10.6 Å². The molecule has 0 amide bonds. The van der Waals surface area contributed by atoms with Crippen LogP contribution in [0.25, 0.3) is 0 Å². The molecule has 104 valence electrons. The summed E-state index contributed by atoms with van der Waals surface area (Å²) in [5, 5.41) is 15.8. The number of hydrogen-bond donors (Lipinski definition) is 3. The van der Waals surface area contributed by atoms with Gasteiger partial charge in [-0.25, -0.2) is 0 Å². The number of carbonyl (C=O) groups is 1. The van der Waals surface area contributed by atoms with E-state index in [-0.39, 0.29) is 12.5 Å². The smallest absolute Gasteiger partial charge is 0.304 e. The molecular weight excluding hydrogens is 232 g/mol. The highest BCUT2D eigenvalue weighted by Crippen LogP contribution is 2.07. The zero-order valence-corrected chi connectivity index (χ0v) is 10.9. The lowest BCUT2D eigenvalue weighted by Crippen LogP contribution is -2.46. The average molecular weight is 256 g/mol. The summed E-state index contributed by atoms with van der Waals surface area (Å²) in [7, 11) is 0. The predicted octanol–water partition coefficient (Wildman–Crippen LogP) is -1.36. The number of fused-ring (bicyclic) bond motifs is 3. The van der Waals surface area contributed by atoms with E-state index >= 15 is 0 Å². The molecule has 0 saturated carbocycles. The van der Waals surface area contributed by atoms with Gasteiger partial charge in [0.2, 0.25) is 0 Å². The summed E-state index contributed by atoms with van der Waals surface area (Å²) in [4.78, 5) is 15.7. The van der Waals surface area contributed by atoms with Crippen LogP contribution in [0.1, 0.15) is 6.42 Å². The fourth-order valence-corrected chi connectivity index (χ4v) is 2.70. The van der Waals surface area contributed by atoms with Crippen LogP contribution in [0.15, 0.2) is 0 Å². The molecule has 3 N–H and O–H groups in total. The van der Waals surface area contributed by atoms with E-state index < -0.39 is 5.97 Å². The first-order valence-corrected chi connectivity index (χ1v) is 6.85. The van der Waals surface area contributed by atoms with Crippen LogP contribution in [0, 0.1) is 0 Å². The molecule has 3 atom stereocenters. The molecule has 6 heteroatoms. The first kappa shape index (κ1) is 13.7. The summed E-state index contributed by atoms with van der Waals surface area (Å²) in [5.41, 5.74) is 0. The minimum absolute atomic E-state index is 0.113. The van der Waals surface area contributed by atoms with Gasteiger partial charge in [0.1, 0.15) is 0 Å². The Labute approximate surface area is 108 Å². The van der Waals surface area contributed by atoms with E-state index in [0.29, 0.717) is 0 Å². The van der Waals surface area contributed by atoms with Crippen molar-refractivity contribution in [1.29, 1.82) is 0 Å². The van der Waals surface area contributed by atoms with Gasteiger partial charge in [0, 0.05) is 64.9 Å². The van der Waals surface area contributed by atoms with Crippen molar-refractivity contribution in [3.8, 4) is 0 Å². The number of nitrogens with one attached hydrogen (secondary N) is 2. The molecule has 6 nitrogen and oxygen atoms in total. The number of carboxylic acid groups (broad SMARTS) is 1. The molecule has 0 aromatic carbocycles. The Morgan fingerprint density at radius 2 is 1.78 bits per heavy atom. The van der Waals surface area contributed by atoms with Gasteiger partial charge in [-0.15, -0.1) is 0 Å². The molecule has 2 aliphatic rings. The second kappa shape index (κ2) is 7.04. The third kappa shape index (κ3) is 4.20. The molecule has 2 aliphatic heterocycles. The molecule has 0 aromatic heterocycles. The minimum atomic E-state index is -0.703. The maximum atomic E-state index is 11.0. The van der Waals surface area contributed by atoms with Crippen molar-refractivity contribution in [2.75, 3.05) is 58.9 Å². The third-order valence-corrected chi connectivity index (χ3v) is 3.80. The molecule has 2 fully saturated rings. The van der Waals surface area contributed by atoms with E-state index in [2.05, 4.69) is 20.4 Å². The Bertz CT molecular complexity index is 275. The van der Waals surface area contributed by atoms with Crippen molar-refractivity contribution in [2.45, 2.75) is 12.5 Å². The van der Waals surface area contributed by atoms with Gasteiger partial charge in [0.05, 0.1) is 6.42 Å². The lowest BCUT2D eigenvalue weighted by molar-refractivity contribution is -0.138. The zero-order chi connectivity index (χ0) is 12.8. The Balaban J connectivity index is 2.03. The molecular formula is C12H24N4O2. The number of rotatable bonds is 2. The summed E-state index contributed by atoms with van der Waals surface area (Å²) in [6.45, 7) is 8.79. The second-order valence-corrected chi connectivity index (χ2v) is 5.08. The maximum Gasteiger partial charge on any atom is 0.304 e. The predicted molar refractivity (Wildman–Crippen MR) is 69.8 cm³/mol. The summed E-state index contributed by atoms with van der Waals surface area (Å²) < 4.78 is 0. The molecule has 0 spiro atoms. The Morgan fingerprint density at radius 1 is 1.06 bits per heavy atom. The highest BCUT2D eigenvalue weighted by atomic mass is 16.4. The molecule has 2 saturated heterocycles. The van der Waals surface area contributed by atoms with Crippen LogP contribution in [-0.2, 0) is 4.79 Å². The van der Waals surface area contributed by atoms with E-state index in [4.69, 9.17) is 5.11 Å². The highest BCUT2D eigenvalue weighted by Gasteiger charge is 2.23. The fraction of sp³-hybridized carbons (Fsp3) is 0.917. The molecule has 0 radical (unpaired) electrons. The van der Waals surface area contributed by atoms with E-state index in [9.17, 15) is 4.79 Å². The van der Waals surface area contributed by atoms with E-state index in [1.54, 1.807) is 0 Å². The topological polar surface area (TPSA) is 67.8 Å². The largest absolute Gasteiger partial charge is 0.481 e. The molecule has 18 heavy (non-hydrogen) atoms. The number of hydrogen-bond acceptors (Lipinski definition) is 5. The van der Waals surface area contributed by atoms with Crippen LogP contribution in [0.2, 0.25) is 0 Å². The second-order valence-electron chi connectivity index (χ2n) is 5.08. The molecule has 0 aromatic rings. The van der Waals surface area contributed by atoms with E-state index in [1.165, 1.54) is 0 Å². The molecule has 2 bridgehead atoms. The van der Waals surface area contributed by atoms with Crippen LogP contribution in [0.5, 0.6) is 0 Å². The summed E-state index contributed by atoms with van der Waals surface area (Å²) in [6.07, 6.45) is 0.229. The van der Waals surface area contributed by atoms with Gasteiger partial charge in [-0.2, -0.15) is 0 Å². The summed E-state index contributed by atoms with van der Waals surface area (Å²) in [5.74, 6) is -0.703. The van der Waals surface area contributed by atoms with Gasteiger partial charge in [-0.1, -0.05) is 0 Å². The molecule has 2 rings (SSSR count). The highest BCUT2D eigenvalue weighted by molar-refractivity contribution is 5.67. The van der Waals surface area contributed by atoms with Gasteiger partial charge >= 0.3 is 5.97 Å². The monoisotopic (exact) mass is 256 g/mol. The Kier molecular flexibility index (Phi) is 5.37. The van der Waals surface area contributed by atoms with Crippen LogP contribution >= 0.6 is 0 Å². The summed E-state index contributed by atoms with van der Waals surface area (Å²) >= 11 is 0. The van der Waals surface area contributed by atoms with Crippen LogP contribution in [0.4, 0.5) is 0 Å². The molecule has 0 aliphatic carbocycles. The van der Waals surface area contributed by atoms with Crippen molar-refractivity contribution < 1.29 is 9.90 Å². The third-order valence-electron chi connectivity index (χ3n) is 3.80. The Hall–Kier alpha value is -0.690. The fourth-order valence-electron chi connectivity index (χ4n) is 2.70. The normalized spacial score (nSPS) is 34.6. The SMILES string of the molecule is O=C(O)CC1CNCCN2CCNCCN1CC2. The standard InChI is InChI=1S/C12H24N4O2/c17-12(18)9-11-10-14-2-5-15-4-1-13-3-6-16(11)8-7-15/h11,13-14H,1-10H2,(H,17,18). The first-order valence-electron chi connectivity index (χ1n) is 6.85. The van der Waals surface area contributed by atoms with E-state index in [0.717, 1.165) is 58.9 Å². The van der Waals surface area contributed by atoms with Gasteiger partial charge < -0.3 is 15.7 Å². The van der Waals surface area contributed by atoms with Crippen molar-refractivity contribution in [2.24, 2.45) is 0 Å². The lowest BCUT2D eigenvalue weighted by Gasteiger charge is -2.30. The molecule has 3 unspecified atom stereocenters. The van der Waals surface area contributed by atoms with Crippen molar-refractivity contribution >= 4 is 5.97 Å². The molecule has 2 heterocycles. The number of aliphatic carboxylic acids is 1. The summed E-state index contributed by atoms with van der Waals surface area (Å²) in [6, 6.07) is 0.113. The first-order chi connectivity index (χ1) is 8.75. The maximum absolute atomic E-state index is 11.0.